The fourth-order valence-electron chi connectivity index (χ4n) is 4.15. The maximum atomic E-state index is 13.3. The summed E-state index contributed by atoms with van der Waals surface area (Å²) < 4.78 is 0. The third-order valence-corrected chi connectivity index (χ3v) is 5.74. The third kappa shape index (κ3) is 5.44. The van der Waals surface area contributed by atoms with Crippen LogP contribution in [0.5, 0.6) is 0 Å². The van der Waals surface area contributed by atoms with Crippen LogP contribution in [0.4, 0.5) is 0 Å². The first-order valence-electron chi connectivity index (χ1n) is 10.7. The van der Waals surface area contributed by atoms with E-state index in [4.69, 9.17) is 0 Å². The van der Waals surface area contributed by atoms with Gasteiger partial charge >= 0.3 is 0 Å². The van der Waals surface area contributed by atoms with Crippen LogP contribution < -0.4 is 0 Å². The molecule has 2 aromatic heterocycles. The van der Waals surface area contributed by atoms with Crippen molar-refractivity contribution in [1.29, 1.82) is 0 Å². The van der Waals surface area contributed by atoms with Crippen LogP contribution in [-0.4, -0.2) is 51.9 Å². The Morgan fingerprint density at radius 3 is 2.39 bits per heavy atom. The summed E-state index contributed by atoms with van der Waals surface area (Å²) in [5, 5.41) is 0. The van der Waals surface area contributed by atoms with E-state index in [1.807, 2.05) is 35.5 Å². The lowest BCUT2D eigenvalue weighted by atomic mass is 9.96. The predicted octanol–water partition coefficient (Wildman–Crippen LogP) is 3.83. The van der Waals surface area contributed by atoms with Crippen molar-refractivity contribution in [3.63, 3.8) is 0 Å². The van der Waals surface area contributed by atoms with Gasteiger partial charge in [-0.05, 0) is 40.8 Å². The summed E-state index contributed by atoms with van der Waals surface area (Å²) in [5.74, 6) is 0.133. The molecule has 3 heterocycles. The molecular formula is C26H28N4O. The highest BCUT2D eigenvalue weighted by Crippen LogP contribution is 2.22. The topological polar surface area (TPSA) is 49.3 Å². The molecule has 5 nitrogen and oxygen atoms in total. The SMILES string of the molecule is C=CCN1CCN(Cc2cccnc2)C[C@@H](Cc2ccc(-c3cccnc3)cc2)C1=O. The molecule has 1 aliphatic heterocycles. The Kier molecular flexibility index (Phi) is 6.85. The van der Waals surface area contributed by atoms with Crippen LogP contribution in [0.3, 0.4) is 0 Å². The monoisotopic (exact) mass is 412 g/mol. The standard InChI is InChI=1S/C26H28N4O/c1-2-13-30-15-14-29(19-22-5-3-11-27-17-22)20-25(26(30)31)16-21-7-9-23(10-8-21)24-6-4-12-28-18-24/h2-12,17-18,25H,1,13-16,19-20H2/t25-/m1/s1. The van der Waals surface area contributed by atoms with Gasteiger partial charge < -0.3 is 4.90 Å². The van der Waals surface area contributed by atoms with Gasteiger partial charge in [-0.2, -0.15) is 0 Å². The van der Waals surface area contributed by atoms with Gasteiger partial charge in [0.05, 0.1) is 5.92 Å². The number of carbonyl (C=O) groups excluding carboxylic acids is 1. The van der Waals surface area contributed by atoms with E-state index >= 15 is 0 Å². The van der Waals surface area contributed by atoms with Gasteiger partial charge in [0, 0.05) is 57.5 Å². The molecule has 0 N–H and O–H groups in total. The number of benzene rings is 1. The summed E-state index contributed by atoms with van der Waals surface area (Å²) in [6.45, 7) is 7.55. The van der Waals surface area contributed by atoms with Crippen LogP contribution in [0.2, 0.25) is 0 Å². The Hall–Kier alpha value is -3.31. The molecule has 0 radical (unpaired) electrons. The molecule has 3 aromatic rings. The second kappa shape index (κ2) is 10.1. The molecular weight excluding hydrogens is 384 g/mol. The number of nitrogens with zero attached hydrogens (tertiary/aromatic N) is 4. The van der Waals surface area contributed by atoms with Crippen molar-refractivity contribution in [3.8, 4) is 11.1 Å². The molecule has 0 saturated carbocycles. The molecule has 0 aliphatic carbocycles. The normalized spacial score (nSPS) is 17.4. The zero-order chi connectivity index (χ0) is 21.5. The number of hydrogen-bond acceptors (Lipinski definition) is 4. The van der Waals surface area contributed by atoms with E-state index in [-0.39, 0.29) is 11.8 Å². The van der Waals surface area contributed by atoms with Gasteiger partial charge in [-0.3, -0.25) is 19.7 Å². The largest absolute Gasteiger partial charge is 0.337 e. The maximum absolute atomic E-state index is 13.3. The molecule has 1 aromatic carbocycles. The van der Waals surface area contributed by atoms with Crippen LogP contribution in [0.1, 0.15) is 11.1 Å². The smallest absolute Gasteiger partial charge is 0.227 e. The highest BCUT2D eigenvalue weighted by molar-refractivity contribution is 5.80. The van der Waals surface area contributed by atoms with Gasteiger partial charge in [0.2, 0.25) is 5.91 Å². The Balaban J connectivity index is 1.50. The Morgan fingerprint density at radius 2 is 1.71 bits per heavy atom. The second-order valence-corrected chi connectivity index (χ2v) is 8.01. The maximum Gasteiger partial charge on any atom is 0.227 e. The Morgan fingerprint density at radius 1 is 0.935 bits per heavy atom. The highest BCUT2D eigenvalue weighted by atomic mass is 16.2. The molecule has 1 fully saturated rings. The van der Waals surface area contributed by atoms with Gasteiger partial charge in [0.25, 0.3) is 0 Å². The minimum absolute atomic E-state index is 0.0802. The third-order valence-electron chi connectivity index (χ3n) is 5.74. The number of carbonyl (C=O) groups is 1. The zero-order valence-electron chi connectivity index (χ0n) is 17.7. The van der Waals surface area contributed by atoms with E-state index in [1.54, 1.807) is 12.4 Å². The van der Waals surface area contributed by atoms with Crippen molar-refractivity contribution in [2.75, 3.05) is 26.2 Å². The number of amides is 1. The second-order valence-electron chi connectivity index (χ2n) is 8.01. The summed E-state index contributed by atoms with van der Waals surface area (Å²) in [6.07, 6.45) is 9.88. The Bertz CT molecular complexity index is 989. The predicted molar refractivity (Wildman–Crippen MR) is 123 cm³/mol. The highest BCUT2D eigenvalue weighted by Gasteiger charge is 2.30. The molecule has 1 amide bonds. The summed E-state index contributed by atoms with van der Waals surface area (Å²) >= 11 is 0. The van der Waals surface area contributed by atoms with Crippen molar-refractivity contribution in [2.45, 2.75) is 13.0 Å². The van der Waals surface area contributed by atoms with Crippen LogP contribution in [0, 0.1) is 5.92 Å². The van der Waals surface area contributed by atoms with E-state index in [9.17, 15) is 4.79 Å². The van der Waals surface area contributed by atoms with Gasteiger partial charge in [-0.25, -0.2) is 0 Å². The molecule has 0 bridgehead atoms. The molecule has 1 atom stereocenters. The summed E-state index contributed by atoms with van der Waals surface area (Å²) in [4.78, 5) is 26.0. The first kappa shape index (κ1) is 20.9. The molecule has 5 heteroatoms. The molecule has 4 rings (SSSR count). The van der Waals surface area contributed by atoms with Gasteiger partial charge in [-0.15, -0.1) is 6.58 Å². The van der Waals surface area contributed by atoms with Crippen molar-refractivity contribution in [1.82, 2.24) is 19.8 Å². The molecule has 158 valence electrons. The first-order chi connectivity index (χ1) is 15.2. The first-order valence-corrected chi connectivity index (χ1v) is 10.7. The van der Waals surface area contributed by atoms with E-state index in [1.165, 1.54) is 11.1 Å². The van der Waals surface area contributed by atoms with E-state index in [0.29, 0.717) is 6.54 Å². The quantitative estimate of drug-likeness (QED) is 0.554. The minimum atomic E-state index is -0.0802. The van der Waals surface area contributed by atoms with Crippen molar-refractivity contribution in [2.24, 2.45) is 5.92 Å². The van der Waals surface area contributed by atoms with Crippen molar-refractivity contribution >= 4 is 5.91 Å². The van der Waals surface area contributed by atoms with E-state index in [0.717, 1.165) is 43.7 Å². The molecule has 1 aliphatic rings. The minimum Gasteiger partial charge on any atom is -0.337 e. The van der Waals surface area contributed by atoms with Crippen molar-refractivity contribution in [3.05, 3.63) is 97.1 Å². The van der Waals surface area contributed by atoms with Gasteiger partial charge in [0.15, 0.2) is 0 Å². The van der Waals surface area contributed by atoms with Crippen molar-refractivity contribution < 1.29 is 4.79 Å². The Labute approximate surface area is 184 Å². The summed E-state index contributed by atoms with van der Waals surface area (Å²) in [5.41, 5.74) is 4.58. The average Bonchev–Trinajstić information content (AvgIpc) is 2.95. The fourth-order valence-corrected chi connectivity index (χ4v) is 4.15. The number of pyridine rings is 2. The van der Waals surface area contributed by atoms with E-state index < -0.39 is 0 Å². The van der Waals surface area contributed by atoms with E-state index in [2.05, 4.69) is 57.8 Å². The lowest BCUT2D eigenvalue weighted by molar-refractivity contribution is -0.134. The van der Waals surface area contributed by atoms with Crippen LogP contribution in [0.25, 0.3) is 11.1 Å². The number of aromatic nitrogens is 2. The van der Waals surface area contributed by atoms with Gasteiger partial charge in [0.1, 0.15) is 0 Å². The summed E-state index contributed by atoms with van der Waals surface area (Å²) in [6, 6.07) is 16.5. The lowest BCUT2D eigenvalue weighted by Gasteiger charge is -2.23. The molecule has 31 heavy (non-hydrogen) atoms. The lowest BCUT2D eigenvalue weighted by Crippen LogP contribution is -2.37. The average molecular weight is 413 g/mol. The fraction of sp³-hybridized carbons (Fsp3) is 0.269. The number of rotatable bonds is 7. The van der Waals surface area contributed by atoms with Gasteiger partial charge in [-0.1, -0.05) is 42.5 Å². The molecule has 1 saturated heterocycles. The molecule has 0 unspecified atom stereocenters. The van der Waals surface area contributed by atoms with Crippen LogP contribution in [-0.2, 0) is 17.8 Å². The summed E-state index contributed by atoms with van der Waals surface area (Å²) in [7, 11) is 0. The zero-order valence-corrected chi connectivity index (χ0v) is 17.7. The number of hydrogen-bond donors (Lipinski definition) is 0. The molecule has 0 spiro atoms. The van der Waals surface area contributed by atoms with Crippen LogP contribution in [0.15, 0.2) is 86.0 Å². The van der Waals surface area contributed by atoms with Crippen LogP contribution >= 0.6 is 0 Å².